The lowest BCUT2D eigenvalue weighted by Gasteiger charge is -2.23. The zero-order chi connectivity index (χ0) is 8.55. The van der Waals surface area contributed by atoms with Gasteiger partial charge in [-0.25, -0.2) is 4.39 Å². The zero-order valence-electron chi connectivity index (χ0n) is 7.10. The average Bonchev–Trinajstić information content (AvgIpc) is 2.07. The summed E-state index contributed by atoms with van der Waals surface area (Å²) in [4.78, 5) is 0. The van der Waals surface area contributed by atoms with E-state index < -0.39 is 0 Å². The van der Waals surface area contributed by atoms with E-state index in [4.69, 9.17) is 0 Å². The number of benzene rings is 1. The largest absolute Gasteiger partial charge is 0.312 e. The molecule has 1 heterocycles. The molecule has 0 radical (unpaired) electrons. The smallest absolute Gasteiger partial charge is 0.127 e. The summed E-state index contributed by atoms with van der Waals surface area (Å²) >= 11 is 0. The Morgan fingerprint density at radius 2 is 2.33 bits per heavy atom. The van der Waals surface area contributed by atoms with Gasteiger partial charge in [0.1, 0.15) is 5.82 Å². The van der Waals surface area contributed by atoms with Crippen LogP contribution in [0, 0.1) is 5.82 Å². The number of halogens is 1. The number of fused-ring (bicyclic) bond motifs is 1. The summed E-state index contributed by atoms with van der Waals surface area (Å²) in [5.41, 5.74) is 2.00. The van der Waals surface area contributed by atoms with E-state index >= 15 is 0 Å². The minimum atomic E-state index is -0.0773. The van der Waals surface area contributed by atoms with Crippen molar-refractivity contribution in [2.24, 2.45) is 0 Å². The summed E-state index contributed by atoms with van der Waals surface area (Å²) in [6, 6.07) is 5.33. The van der Waals surface area contributed by atoms with Crippen LogP contribution < -0.4 is 5.32 Å². The summed E-state index contributed by atoms with van der Waals surface area (Å²) in [5.74, 6) is 0.357. The van der Waals surface area contributed by atoms with Gasteiger partial charge in [0.25, 0.3) is 0 Å². The first-order valence-electron chi connectivity index (χ1n) is 4.27. The molecule has 0 bridgehead atoms. The van der Waals surface area contributed by atoms with Crippen molar-refractivity contribution < 1.29 is 4.39 Å². The fraction of sp³-hybridized carbons (Fsp3) is 0.400. The standard InChI is InChI=1S/C10H12FN/c1-7-5-12-6-9-8(7)3-2-4-10(9)11/h2-4,7,12H,5-6H2,1H3. The van der Waals surface area contributed by atoms with Crippen LogP contribution >= 0.6 is 0 Å². The molecule has 1 unspecified atom stereocenters. The molecule has 1 nitrogen and oxygen atoms in total. The zero-order valence-corrected chi connectivity index (χ0v) is 7.10. The first-order valence-corrected chi connectivity index (χ1v) is 4.27. The number of hydrogen-bond acceptors (Lipinski definition) is 1. The summed E-state index contributed by atoms with van der Waals surface area (Å²) in [6.45, 7) is 3.74. The summed E-state index contributed by atoms with van der Waals surface area (Å²) in [5, 5.41) is 3.19. The second-order valence-corrected chi connectivity index (χ2v) is 3.34. The molecule has 0 saturated heterocycles. The van der Waals surface area contributed by atoms with Gasteiger partial charge in [0, 0.05) is 18.7 Å². The molecule has 2 rings (SSSR count). The molecule has 64 valence electrons. The Morgan fingerprint density at radius 3 is 3.08 bits per heavy atom. The summed E-state index contributed by atoms with van der Waals surface area (Å²) in [6.07, 6.45) is 0. The van der Waals surface area contributed by atoms with Crippen LogP contribution in [0.1, 0.15) is 24.0 Å². The van der Waals surface area contributed by atoms with Gasteiger partial charge in [-0.2, -0.15) is 0 Å². The van der Waals surface area contributed by atoms with E-state index in [0.29, 0.717) is 12.5 Å². The topological polar surface area (TPSA) is 12.0 Å². The van der Waals surface area contributed by atoms with Crippen molar-refractivity contribution in [1.29, 1.82) is 0 Å². The van der Waals surface area contributed by atoms with Gasteiger partial charge in [0.15, 0.2) is 0 Å². The minimum absolute atomic E-state index is 0.0773. The molecule has 1 atom stereocenters. The van der Waals surface area contributed by atoms with Crippen LogP contribution in [0.15, 0.2) is 18.2 Å². The van der Waals surface area contributed by atoms with Gasteiger partial charge in [0.2, 0.25) is 0 Å². The summed E-state index contributed by atoms with van der Waals surface area (Å²) < 4.78 is 13.2. The molecule has 0 saturated carbocycles. The minimum Gasteiger partial charge on any atom is -0.312 e. The fourth-order valence-electron chi connectivity index (χ4n) is 1.75. The van der Waals surface area contributed by atoms with Crippen LogP contribution in [0.3, 0.4) is 0 Å². The molecule has 0 aromatic heterocycles. The van der Waals surface area contributed by atoms with E-state index in [9.17, 15) is 4.39 Å². The number of nitrogens with one attached hydrogen (secondary N) is 1. The maximum absolute atomic E-state index is 13.2. The van der Waals surface area contributed by atoms with E-state index in [1.165, 1.54) is 6.07 Å². The molecule has 0 aliphatic carbocycles. The fourth-order valence-corrected chi connectivity index (χ4v) is 1.75. The molecule has 12 heavy (non-hydrogen) atoms. The Hall–Kier alpha value is -0.890. The lowest BCUT2D eigenvalue weighted by molar-refractivity contribution is 0.528. The van der Waals surface area contributed by atoms with Crippen molar-refractivity contribution >= 4 is 0 Å². The monoisotopic (exact) mass is 165 g/mol. The normalized spacial score (nSPS) is 22.0. The van der Waals surface area contributed by atoms with Gasteiger partial charge in [-0.3, -0.25) is 0 Å². The van der Waals surface area contributed by atoms with Crippen LogP contribution in [0.4, 0.5) is 4.39 Å². The van der Waals surface area contributed by atoms with Crippen LogP contribution in [0.25, 0.3) is 0 Å². The van der Waals surface area contributed by atoms with Gasteiger partial charge in [-0.15, -0.1) is 0 Å². The first-order chi connectivity index (χ1) is 5.79. The van der Waals surface area contributed by atoms with E-state index in [-0.39, 0.29) is 5.82 Å². The first kappa shape index (κ1) is 7.74. The highest BCUT2D eigenvalue weighted by atomic mass is 19.1. The van der Waals surface area contributed by atoms with Gasteiger partial charge in [-0.05, 0) is 17.5 Å². The third-order valence-corrected chi connectivity index (χ3v) is 2.44. The van der Waals surface area contributed by atoms with E-state index in [2.05, 4.69) is 12.2 Å². The van der Waals surface area contributed by atoms with Gasteiger partial charge in [0.05, 0.1) is 0 Å². The Balaban J connectivity index is 2.52. The SMILES string of the molecule is CC1CNCc2c(F)cccc21. The van der Waals surface area contributed by atoms with Gasteiger partial charge >= 0.3 is 0 Å². The van der Waals surface area contributed by atoms with Crippen LogP contribution in [-0.2, 0) is 6.54 Å². The molecule has 0 amide bonds. The van der Waals surface area contributed by atoms with Crippen molar-refractivity contribution in [3.8, 4) is 0 Å². The highest BCUT2D eigenvalue weighted by molar-refractivity contribution is 5.33. The predicted molar refractivity (Wildman–Crippen MR) is 46.5 cm³/mol. The van der Waals surface area contributed by atoms with Crippen LogP contribution in [0.5, 0.6) is 0 Å². The molecule has 0 fully saturated rings. The highest BCUT2D eigenvalue weighted by Crippen LogP contribution is 2.24. The lowest BCUT2D eigenvalue weighted by Crippen LogP contribution is -2.27. The van der Waals surface area contributed by atoms with Crippen molar-refractivity contribution in [3.63, 3.8) is 0 Å². The van der Waals surface area contributed by atoms with Gasteiger partial charge < -0.3 is 5.32 Å². The van der Waals surface area contributed by atoms with E-state index in [0.717, 1.165) is 17.7 Å². The van der Waals surface area contributed by atoms with Crippen molar-refractivity contribution in [2.45, 2.75) is 19.4 Å². The number of hydrogen-bond donors (Lipinski definition) is 1. The second-order valence-electron chi connectivity index (χ2n) is 3.34. The van der Waals surface area contributed by atoms with Crippen molar-refractivity contribution in [3.05, 3.63) is 35.1 Å². The highest BCUT2D eigenvalue weighted by Gasteiger charge is 2.17. The lowest BCUT2D eigenvalue weighted by atomic mass is 9.92. The Morgan fingerprint density at radius 1 is 1.50 bits per heavy atom. The Kier molecular flexibility index (Phi) is 1.85. The molecule has 2 heteroatoms. The van der Waals surface area contributed by atoms with Crippen molar-refractivity contribution in [2.75, 3.05) is 6.54 Å². The third-order valence-electron chi connectivity index (χ3n) is 2.44. The van der Waals surface area contributed by atoms with Crippen LogP contribution in [-0.4, -0.2) is 6.54 Å². The van der Waals surface area contributed by atoms with Crippen LogP contribution in [0.2, 0.25) is 0 Å². The molecule has 1 aliphatic rings. The molecule has 0 spiro atoms. The molecule has 1 aromatic rings. The second kappa shape index (κ2) is 2.87. The maximum Gasteiger partial charge on any atom is 0.127 e. The van der Waals surface area contributed by atoms with Gasteiger partial charge in [-0.1, -0.05) is 19.1 Å². The van der Waals surface area contributed by atoms with Crippen molar-refractivity contribution in [1.82, 2.24) is 5.32 Å². The quantitative estimate of drug-likeness (QED) is 0.620. The molecule has 1 aromatic carbocycles. The summed E-state index contributed by atoms with van der Waals surface area (Å²) in [7, 11) is 0. The maximum atomic E-state index is 13.2. The molecule has 1 N–H and O–H groups in total. The third kappa shape index (κ3) is 1.12. The number of rotatable bonds is 0. The van der Waals surface area contributed by atoms with E-state index in [1.54, 1.807) is 6.07 Å². The average molecular weight is 165 g/mol. The molecular formula is C10H12FN. The Labute approximate surface area is 71.6 Å². The molecule has 1 aliphatic heterocycles. The predicted octanol–water partition coefficient (Wildman–Crippen LogP) is 2.03. The Bertz CT molecular complexity index is 296. The molecular weight excluding hydrogens is 153 g/mol. The van der Waals surface area contributed by atoms with E-state index in [1.807, 2.05) is 6.07 Å².